The minimum Gasteiger partial charge on any atom is -0.368 e. The zero-order valence-corrected chi connectivity index (χ0v) is 15.0. The minimum atomic E-state index is -0.916. The van der Waals surface area contributed by atoms with Gasteiger partial charge in [0.2, 0.25) is 0 Å². The molecule has 0 aliphatic rings. The molecule has 3 amide bonds. The van der Waals surface area contributed by atoms with Crippen molar-refractivity contribution in [3.8, 4) is 0 Å². The molecule has 2 rings (SSSR count). The molecule has 4 N–H and O–H groups in total. The van der Waals surface area contributed by atoms with Crippen molar-refractivity contribution >= 4 is 28.8 Å². The Kier molecular flexibility index (Phi) is 6.27. The van der Waals surface area contributed by atoms with Crippen LogP contribution in [0.25, 0.3) is 11.0 Å². The van der Waals surface area contributed by atoms with E-state index in [4.69, 9.17) is 5.73 Å². The van der Waals surface area contributed by atoms with E-state index in [0.29, 0.717) is 23.4 Å². The van der Waals surface area contributed by atoms with Gasteiger partial charge in [-0.3, -0.25) is 10.1 Å². The van der Waals surface area contributed by atoms with Crippen LogP contribution in [-0.4, -0.2) is 28.5 Å². The van der Waals surface area contributed by atoms with Crippen LogP contribution < -0.4 is 16.4 Å². The number of aryl methyl sites for hydroxylation is 2. The summed E-state index contributed by atoms with van der Waals surface area (Å²) in [6, 6.07) is 2.90. The Balaban J connectivity index is 2.35. The van der Waals surface area contributed by atoms with Gasteiger partial charge in [-0.25, -0.2) is 14.8 Å². The molecular weight excluding hydrogens is 318 g/mol. The summed E-state index contributed by atoms with van der Waals surface area (Å²) in [5, 5.41) is 5.22. The molecule has 7 nitrogen and oxygen atoms in total. The smallest absolute Gasteiger partial charge is 0.319 e. The minimum absolute atomic E-state index is 0.0741. The third-order valence-electron chi connectivity index (χ3n) is 4.05. The molecule has 0 saturated carbocycles. The maximum absolute atomic E-state index is 12.3. The Morgan fingerprint density at radius 1 is 1.04 bits per heavy atom. The predicted molar refractivity (Wildman–Crippen MR) is 98.7 cm³/mol. The Labute approximate surface area is 147 Å². The van der Waals surface area contributed by atoms with Crippen molar-refractivity contribution in [1.82, 2.24) is 15.3 Å². The Bertz CT molecular complexity index is 789. The number of nitrogens with one attached hydrogen (secondary N) is 2. The van der Waals surface area contributed by atoms with Crippen LogP contribution in [0, 0.1) is 13.8 Å². The Hall–Kier alpha value is -2.70. The summed E-state index contributed by atoms with van der Waals surface area (Å²) in [6.45, 7) is 6.81. The van der Waals surface area contributed by atoms with Crippen LogP contribution >= 0.6 is 0 Å². The molecule has 1 aromatic carbocycles. The third kappa shape index (κ3) is 4.89. The van der Waals surface area contributed by atoms with Crippen LogP contribution in [0.2, 0.25) is 0 Å². The lowest BCUT2D eigenvalue weighted by Gasteiger charge is -2.12. The molecule has 1 aromatic heterocycles. The fourth-order valence-electron chi connectivity index (χ4n) is 2.52. The van der Waals surface area contributed by atoms with Gasteiger partial charge in [-0.05, 0) is 43.5 Å². The lowest BCUT2D eigenvalue weighted by molar-refractivity contribution is 0.0962. The first-order chi connectivity index (χ1) is 11.9. The highest BCUT2D eigenvalue weighted by molar-refractivity contribution is 6.06. The first-order valence-corrected chi connectivity index (χ1v) is 8.56. The highest BCUT2D eigenvalue weighted by atomic mass is 16.2. The van der Waals surface area contributed by atoms with Gasteiger partial charge in [0.1, 0.15) is 0 Å². The monoisotopic (exact) mass is 343 g/mol. The standard InChI is InChI=1S/C18H25N5O2/c1-4-5-6-7-8-20-16-15(17(24)23-18(19)25)21-13-9-11(2)12(3)10-14(13)22-16/h9-10H,4-8H2,1-3H3,(H,20,22)(H3,19,23,24,25). The van der Waals surface area contributed by atoms with Gasteiger partial charge in [-0.1, -0.05) is 26.2 Å². The zero-order chi connectivity index (χ0) is 18.4. The molecule has 0 saturated heterocycles. The molecule has 0 bridgehead atoms. The number of benzene rings is 1. The molecular formula is C18H25N5O2. The highest BCUT2D eigenvalue weighted by Gasteiger charge is 2.18. The van der Waals surface area contributed by atoms with E-state index >= 15 is 0 Å². The van der Waals surface area contributed by atoms with Crippen LogP contribution in [0.4, 0.5) is 10.6 Å². The topological polar surface area (TPSA) is 110 Å². The summed E-state index contributed by atoms with van der Waals surface area (Å²) in [4.78, 5) is 32.2. The predicted octanol–water partition coefficient (Wildman–Crippen LogP) is 3.05. The molecule has 1 heterocycles. The lowest BCUT2D eigenvalue weighted by atomic mass is 10.1. The molecule has 0 aliphatic heterocycles. The van der Waals surface area contributed by atoms with Crippen molar-refractivity contribution in [3.63, 3.8) is 0 Å². The number of imide groups is 1. The van der Waals surface area contributed by atoms with Gasteiger partial charge in [0.15, 0.2) is 11.5 Å². The molecule has 0 spiro atoms. The van der Waals surface area contributed by atoms with Crippen molar-refractivity contribution in [2.24, 2.45) is 5.73 Å². The van der Waals surface area contributed by atoms with E-state index in [0.717, 1.165) is 30.4 Å². The molecule has 7 heteroatoms. The second-order valence-corrected chi connectivity index (χ2v) is 6.15. The number of nitrogens with zero attached hydrogens (tertiary/aromatic N) is 2. The van der Waals surface area contributed by atoms with E-state index in [9.17, 15) is 9.59 Å². The molecule has 134 valence electrons. The first kappa shape index (κ1) is 18.6. The van der Waals surface area contributed by atoms with Gasteiger partial charge in [0, 0.05) is 6.54 Å². The highest BCUT2D eigenvalue weighted by Crippen LogP contribution is 2.21. The van der Waals surface area contributed by atoms with Gasteiger partial charge < -0.3 is 11.1 Å². The second kappa shape index (κ2) is 8.41. The van der Waals surface area contributed by atoms with E-state index in [2.05, 4.69) is 27.5 Å². The number of hydrogen-bond donors (Lipinski definition) is 3. The molecule has 0 radical (unpaired) electrons. The van der Waals surface area contributed by atoms with E-state index in [1.54, 1.807) is 0 Å². The lowest BCUT2D eigenvalue weighted by Crippen LogP contribution is -2.36. The summed E-state index contributed by atoms with van der Waals surface area (Å²) < 4.78 is 0. The average molecular weight is 343 g/mol. The van der Waals surface area contributed by atoms with Crippen LogP contribution in [-0.2, 0) is 0 Å². The van der Waals surface area contributed by atoms with Crippen molar-refractivity contribution in [3.05, 3.63) is 29.0 Å². The van der Waals surface area contributed by atoms with E-state index < -0.39 is 11.9 Å². The number of primary amides is 1. The second-order valence-electron chi connectivity index (χ2n) is 6.15. The fourth-order valence-corrected chi connectivity index (χ4v) is 2.52. The normalized spacial score (nSPS) is 10.7. The van der Waals surface area contributed by atoms with Crippen LogP contribution in [0.5, 0.6) is 0 Å². The number of amides is 3. The molecule has 0 unspecified atom stereocenters. The number of aromatic nitrogens is 2. The number of hydrogen-bond acceptors (Lipinski definition) is 5. The number of carbonyl (C=O) groups excluding carboxylic acids is 2. The zero-order valence-electron chi connectivity index (χ0n) is 15.0. The van der Waals surface area contributed by atoms with Gasteiger partial charge in [0.25, 0.3) is 5.91 Å². The molecule has 0 fully saturated rings. The van der Waals surface area contributed by atoms with Crippen molar-refractivity contribution in [1.29, 1.82) is 0 Å². The van der Waals surface area contributed by atoms with Crippen molar-refractivity contribution < 1.29 is 9.59 Å². The van der Waals surface area contributed by atoms with Crippen molar-refractivity contribution in [2.75, 3.05) is 11.9 Å². The van der Waals surface area contributed by atoms with Gasteiger partial charge in [0.05, 0.1) is 11.0 Å². The van der Waals surface area contributed by atoms with Gasteiger partial charge in [-0.15, -0.1) is 0 Å². The number of nitrogens with two attached hydrogens (primary N) is 1. The summed E-state index contributed by atoms with van der Waals surface area (Å²) in [6.07, 6.45) is 4.39. The summed E-state index contributed by atoms with van der Waals surface area (Å²) in [7, 11) is 0. The van der Waals surface area contributed by atoms with Crippen molar-refractivity contribution in [2.45, 2.75) is 46.5 Å². The number of carbonyl (C=O) groups is 2. The van der Waals surface area contributed by atoms with Gasteiger partial charge in [-0.2, -0.15) is 0 Å². The van der Waals surface area contributed by atoms with E-state index in [1.807, 2.05) is 26.0 Å². The number of rotatable bonds is 7. The van der Waals surface area contributed by atoms with Crippen LogP contribution in [0.15, 0.2) is 12.1 Å². The largest absolute Gasteiger partial charge is 0.368 e. The number of fused-ring (bicyclic) bond motifs is 1. The maximum Gasteiger partial charge on any atom is 0.319 e. The Morgan fingerprint density at radius 2 is 1.68 bits per heavy atom. The summed E-state index contributed by atoms with van der Waals surface area (Å²) in [5.74, 6) is -0.290. The van der Waals surface area contributed by atoms with Crippen LogP contribution in [0.3, 0.4) is 0 Å². The van der Waals surface area contributed by atoms with E-state index in [-0.39, 0.29) is 5.69 Å². The number of anilines is 1. The summed E-state index contributed by atoms with van der Waals surface area (Å²) >= 11 is 0. The number of urea groups is 1. The SMILES string of the molecule is CCCCCCNc1nc2cc(C)c(C)cc2nc1C(=O)NC(N)=O. The third-order valence-corrected chi connectivity index (χ3v) is 4.05. The molecule has 2 aromatic rings. The molecule has 0 atom stereocenters. The van der Waals surface area contributed by atoms with Crippen LogP contribution in [0.1, 0.15) is 54.2 Å². The summed E-state index contributed by atoms with van der Waals surface area (Å²) in [5.41, 5.74) is 8.60. The molecule has 0 aliphatic carbocycles. The number of unbranched alkanes of at least 4 members (excludes halogenated alkanes) is 3. The van der Waals surface area contributed by atoms with Gasteiger partial charge >= 0.3 is 6.03 Å². The first-order valence-electron chi connectivity index (χ1n) is 8.56. The quantitative estimate of drug-likeness (QED) is 0.669. The maximum atomic E-state index is 12.3. The Morgan fingerprint density at radius 3 is 2.28 bits per heavy atom. The average Bonchev–Trinajstić information content (AvgIpc) is 2.54. The van der Waals surface area contributed by atoms with E-state index in [1.165, 1.54) is 6.42 Å². The molecule has 25 heavy (non-hydrogen) atoms. The fraction of sp³-hybridized carbons (Fsp3) is 0.444.